The smallest absolute Gasteiger partial charge is 0.224 e. The molecule has 0 heterocycles. The molecule has 1 N–H and O–H groups in total. The van der Waals surface area contributed by atoms with Crippen molar-refractivity contribution < 1.29 is 4.79 Å². The number of nitrogens with one attached hydrogen (secondary N) is 1. The summed E-state index contributed by atoms with van der Waals surface area (Å²) >= 11 is 0. The van der Waals surface area contributed by atoms with E-state index in [4.69, 9.17) is 5.26 Å². The third-order valence-electron chi connectivity index (χ3n) is 2.03. The number of nitrogens with zero attached hydrogens (tertiary/aromatic N) is 1. The van der Waals surface area contributed by atoms with Gasteiger partial charge in [0.15, 0.2) is 0 Å². The van der Waals surface area contributed by atoms with Crippen LogP contribution in [0.1, 0.15) is 12.5 Å². The summed E-state index contributed by atoms with van der Waals surface area (Å²) in [6.07, 6.45) is 0.374. The monoisotopic (exact) mass is 202 g/mol. The molecule has 0 aliphatic carbocycles. The molecule has 0 aromatic heterocycles. The number of rotatable bonds is 4. The number of carbonyl (C=O) groups is 1. The summed E-state index contributed by atoms with van der Waals surface area (Å²) in [4.78, 5) is 11.4. The molecule has 1 amide bonds. The van der Waals surface area contributed by atoms with Gasteiger partial charge in [-0.2, -0.15) is 5.26 Å². The van der Waals surface area contributed by atoms with E-state index in [1.807, 2.05) is 30.3 Å². The molecular weight excluding hydrogens is 188 g/mol. The highest BCUT2D eigenvalue weighted by atomic mass is 16.1. The Hall–Kier alpha value is -1.82. The van der Waals surface area contributed by atoms with Crippen molar-refractivity contribution in [2.75, 3.05) is 6.54 Å². The molecule has 1 unspecified atom stereocenters. The molecule has 0 radical (unpaired) electrons. The molecule has 0 saturated heterocycles. The zero-order valence-electron chi connectivity index (χ0n) is 8.73. The molecule has 0 spiro atoms. The minimum absolute atomic E-state index is 0.0386. The molecule has 0 bridgehead atoms. The van der Waals surface area contributed by atoms with Gasteiger partial charge in [-0.05, 0) is 12.5 Å². The Bertz CT molecular complexity index is 354. The standard InChI is InChI=1S/C12H14N2O/c1-10(8-13)9-14-12(15)7-11-5-3-2-4-6-11/h2-6,10H,7,9H2,1H3,(H,14,15). The highest BCUT2D eigenvalue weighted by molar-refractivity contribution is 5.78. The van der Waals surface area contributed by atoms with Crippen LogP contribution < -0.4 is 5.32 Å². The van der Waals surface area contributed by atoms with Crippen LogP contribution in [0.25, 0.3) is 0 Å². The topological polar surface area (TPSA) is 52.9 Å². The molecule has 78 valence electrons. The van der Waals surface area contributed by atoms with Crippen LogP contribution >= 0.6 is 0 Å². The van der Waals surface area contributed by atoms with Crippen molar-refractivity contribution >= 4 is 5.91 Å². The maximum atomic E-state index is 11.4. The van der Waals surface area contributed by atoms with E-state index in [0.717, 1.165) is 5.56 Å². The summed E-state index contributed by atoms with van der Waals surface area (Å²) in [5.41, 5.74) is 0.986. The Morgan fingerprint density at radius 2 is 2.13 bits per heavy atom. The predicted octanol–water partition coefficient (Wildman–Crippen LogP) is 1.50. The van der Waals surface area contributed by atoms with E-state index in [9.17, 15) is 4.79 Å². The number of carbonyl (C=O) groups excluding carboxylic acids is 1. The molecule has 1 atom stereocenters. The first-order valence-electron chi connectivity index (χ1n) is 4.92. The maximum Gasteiger partial charge on any atom is 0.224 e. The normalized spacial score (nSPS) is 11.5. The minimum atomic E-state index is -0.135. The van der Waals surface area contributed by atoms with Crippen LogP contribution in [-0.4, -0.2) is 12.5 Å². The van der Waals surface area contributed by atoms with E-state index in [0.29, 0.717) is 13.0 Å². The summed E-state index contributed by atoms with van der Waals surface area (Å²) in [6, 6.07) is 11.6. The Morgan fingerprint density at radius 1 is 1.47 bits per heavy atom. The SMILES string of the molecule is CC(C#N)CNC(=O)Cc1ccccc1. The van der Waals surface area contributed by atoms with Gasteiger partial charge in [-0.1, -0.05) is 30.3 Å². The van der Waals surface area contributed by atoms with E-state index in [-0.39, 0.29) is 11.8 Å². The van der Waals surface area contributed by atoms with Gasteiger partial charge in [0.05, 0.1) is 18.4 Å². The number of amides is 1. The zero-order valence-corrected chi connectivity index (χ0v) is 8.73. The predicted molar refractivity (Wildman–Crippen MR) is 57.9 cm³/mol. The van der Waals surface area contributed by atoms with Gasteiger partial charge >= 0.3 is 0 Å². The lowest BCUT2D eigenvalue weighted by Crippen LogP contribution is -2.29. The number of hydrogen-bond acceptors (Lipinski definition) is 2. The molecule has 0 aliphatic heterocycles. The van der Waals surface area contributed by atoms with E-state index >= 15 is 0 Å². The van der Waals surface area contributed by atoms with Crippen LogP contribution in [0.3, 0.4) is 0 Å². The first kappa shape index (κ1) is 11.3. The van der Waals surface area contributed by atoms with Gasteiger partial charge in [0.1, 0.15) is 0 Å². The van der Waals surface area contributed by atoms with E-state index < -0.39 is 0 Å². The number of hydrogen-bond donors (Lipinski definition) is 1. The van der Waals surface area contributed by atoms with Gasteiger partial charge in [0.2, 0.25) is 5.91 Å². The fraction of sp³-hybridized carbons (Fsp3) is 0.333. The minimum Gasteiger partial charge on any atom is -0.355 e. The third-order valence-corrected chi connectivity index (χ3v) is 2.03. The third kappa shape index (κ3) is 4.28. The van der Waals surface area contributed by atoms with Gasteiger partial charge in [-0.3, -0.25) is 4.79 Å². The average Bonchev–Trinajstić information content (AvgIpc) is 2.27. The molecular formula is C12H14N2O. The van der Waals surface area contributed by atoms with Crippen LogP contribution in [-0.2, 0) is 11.2 Å². The van der Waals surface area contributed by atoms with Crippen LogP contribution in [0.15, 0.2) is 30.3 Å². The van der Waals surface area contributed by atoms with Gasteiger partial charge in [0.25, 0.3) is 0 Å². The van der Waals surface area contributed by atoms with Crippen molar-refractivity contribution in [2.24, 2.45) is 5.92 Å². The van der Waals surface area contributed by atoms with Crippen molar-refractivity contribution in [1.82, 2.24) is 5.32 Å². The second-order valence-corrected chi connectivity index (χ2v) is 3.50. The van der Waals surface area contributed by atoms with Crippen molar-refractivity contribution in [2.45, 2.75) is 13.3 Å². The van der Waals surface area contributed by atoms with Gasteiger partial charge < -0.3 is 5.32 Å². The fourth-order valence-corrected chi connectivity index (χ4v) is 1.16. The maximum absolute atomic E-state index is 11.4. The fourth-order valence-electron chi connectivity index (χ4n) is 1.16. The van der Waals surface area contributed by atoms with Gasteiger partial charge in [0, 0.05) is 6.54 Å². The van der Waals surface area contributed by atoms with Gasteiger partial charge in [-0.15, -0.1) is 0 Å². The van der Waals surface area contributed by atoms with Crippen LogP contribution in [0.5, 0.6) is 0 Å². The highest BCUT2D eigenvalue weighted by Gasteiger charge is 2.04. The van der Waals surface area contributed by atoms with Crippen LogP contribution in [0, 0.1) is 17.2 Å². The van der Waals surface area contributed by atoms with E-state index in [1.54, 1.807) is 6.92 Å². The van der Waals surface area contributed by atoms with Gasteiger partial charge in [-0.25, -0.2) is 0 Å². The first-order chi connectivity index (χ1) is 7.22. The highest BCUT2D eigenvalue weighted by Crippen LogP contribution is 1.99. The molecule has 0 fully saturated rings. The average molecular weight is 202 g/mol. The summed E-state index contributed by atoms with van der Waals surface area (Å²) < 4.78 is 0. The molecule has 1 aromatic rings. The Morgan fingerprint density at radius 3 is 2.73 bits per heavy atom. The lowest BCUT2D eigenvalue weighted by Gasteiger charge is -2.05. The van der Waals surface area contributed by atoms with E-state index in [1.165, 1.54) is 0 Å². The molecule has 0 saturated carbocycles. The molecule has 1 aromatic carbocycles. The lowest BCUT2D eigenvalue weighted by molar-refractivity contribution is -0.120. The summed E-state index contributed by atoms with van der Waals surface area (Å²) in [7, 11) is 0. The summed E-state index contributed by atoms with van der Waals surface area (Å²) in [5, 5.41) is 11.3. The summed E-state index contributed by atoms with van der Waals surface area (Å²) in [6.45, 7) is 2.20. The van der Waals surface area contributed by atoms with Crippen molar-refractivity contribution in [1.29, 1.82) is 5.26 Å². The largest absolute Gasteiger partial charge is 0.355 e. The molecule has 3 nitrogen and oxygen atoms in total. The lowest BCUT2D eigenvalue weighted by atomic mass is 10.1. The van der Waals surface area contributed by atoms with Crippen LogP contribution in [0.4, 0.5) is 0 Å². The van der Waals surface area contributed by atoms with E-state index in [2.05, 4.69) is 11.4 Å². The summed E-state index contributed by atoms with van der Waals surface area (Å²) in [5.74, 6) is -0.173. The molecule has 3 heteroatoms. The van der Waals surface area contributed by atoms with Crippen molar-refractivity contribution in [3.8, 4) is 6.07 Å². The first-order valence-corrected chi connectivity index (χ1v) is 4.92. The Kier molecular flexibility index (Phi) is 4.36. The Balaban J connectivity index is 2.35. The quantitative estimate of drug-likeness (QED) is 0.804. The Labute approximate surface area is 89.7 Å². The van der Waals surface area contributed by atoms with Crippen molar-refractivity contribution in [3.05, 3.63) is 35.9 Å². The number of benzene rings is 1. The van der Waals surface area contributed by atoms with Crippen molar-refractivity contribution in [3.63, 3.8) is 0 Å². The van der Waals surface area contributed by atoms with Crippen LogP contribution in [0.2, 0.25) is 0 Å². The molecule has 0 aliphatic rings. The second-order valence-electron chi connectivity index (χ2n) is 3.50. The second kappa shape index (κ2) is 5.82. The molecule has 1 rings (SSSR count). The number of nitriles is 1. The zero-order chi connectivity index (χ0) is 11.1. The molecule has 15 heavy (non-hydrogen) atoms.